The Bertz CT molecular complexity index is 5720. The summed E-state index contributed by atoms with van der Waals surface area (Å²) in [6.45, 7) is 0. The lowest BCUT2D eigenvalue weighted by molar-refractivity contribution is 0.793. The number of benzene rings is 16. The third-order valence-corrected chi connectivity index (χ3v) is 19.5. The van der Waals surface area contributed by atoms with Crippen molar-refractivity contribution in [1.29, 1.82) is 0 Å². The molecule has 1 heterocycles. The smallest absolute Gasteiger partial charge is 0.0727 e. The van der Waals surface area contributed by atoms with Crippen molar-refractivity contribution in [3.05, 3.63) is 403 Å². The van der Waals surface area contributed by atoms with Crippen molar-refractivity contribution in [2.24, 2.45) is 0 Å². The van der Waals surface area contributed by atoms with Crippen LogP contribution in [0.15, 0.2) is 381 Å². The van der Waals surface area contributed by atoms with E-state index in [9.17, 15) is 0 Å². The molecule has 1 atom stereocenters. The Balaban J connectivity index is 0.000000204. The molecule has 0 fully saturated rings. The molecule has 0 radical (unpaired) electrons. The maximum atomic E-state index is 3.43. The largest absolute Gasteiger partial charge is 0.356 e. The number of rotatable bonds is 9. The quantitative estimate of drug-likeness (QED) is 0.156. The van der Waals surface area contributed by atoms with Crippen molar-refractivity contribution in [2.45, 2.75) is 5.41 Å². The third-order valence-electron chi connectivity index (χ3n) is 19.0. The summed E-state index contributed by atoms with van der Waals surface area (Å²) in [5.74, 6) is 0. The van der Waals surface area contributed by atoms with Gasteiger partial charge in [-0.3, -0.25) is 0 Å². The number of aromatic nitrogens is 1. The zero-order valence-corrected chi connectivity index (χ0v) is 54.1. The summed E-state index contributed by atoms with van der Waals surface area (Å²) >= 11 is 3.43. The van der Waals surface area contributed by atoms with Crippen molar-refractivity contribution in [2.75, 3.05) is 15.1 Å². The molecular formula is C91H63BrN4. The molecule has 5 heteroatoms. The number of halogens is 1. The van der Waals surface area contributed by atoms with Crippen LogP contribution < -0.4 is 15.1 Å². The van der Waals surface area contributed by atoms with E-state index in [1.165, 1.54) is 98.6 Å². The molecule has 1 spiro atoms. The number of anilines is 8. The molecule has 0 saturated carbocycles. The highest BCUT2D eigenvalue weighted by Crippen LogP contribution is 2.64. The van der Waals surface area contributed by atoms with E-state index in [0.29, 0.717) is 0 Å². The molecule has 0 bridgehead atoms. The minimum Gasteiger partial charge on any atom is -0.356 e. The van der Waals surface area contributed by atoms with Crippen LogP contribution in [0.4, 0.5) is 45.5 Å². The van der Waals surface area contributed by atoms with Gasteiger partial charge in [-0.15, -0.1) is 0 Å². The minimum atomic E-state index is -0.582. The molecule has 96 heavy (non-hydrogen) atoms. The van der Waals surface area contributed by atoms with Crippen LogP contribution in [0.2, 0.25) is 0 Å². The Morgan fingerprint density at radius 1 is 0.250 bits per heavy atom. The van der Waals surface area contributed by atoms with E-state index in [2.05, 4.69) is 394 Å². The van der Waals surface area contributed by atoms with Gasteiger partial charge >= 0.3 is 0 Å². The van der Waals surface area contributed by atoms with E-state index in [-0.39, 0.29) is 0 Å². The van der Waals surface area contributed by atoms with Crippen molar-refractivity contribution in [3.63, 3.8) is 0 Å². The van der Waals surface area contributed by atoms with Gasteiger partial charge in [-0.1, -0.05) is 265 Å². The van der Waals surface area contributed by atoms with Crippen LogP contribution in [-0.4, -0.2) is 4.57 Å². The molecule has 17 aromatic rings. The van der Waals surface area contributed by atoms with Gasteiger partial charge in [0.25, 0.3) is 0 Å². The second kappa shape index (κ2) is 24.8. The van der Waals surface area contributed by atoms with Crippen LogP contribution in [0.3, 0.4) is 0 Å². The molecule has 2 aliphatic rings. The highest BCUT2D eigenvalue weighted by atomic mass is 79.9. The Morgan fingerprint density at radius 3 is 1.25 bits per heavy atom. The summed E-state index contributed by atoms with van der Waals surface area (Å²) in [5.41, 5.74) is 22.1. The SMILES string of the molecule is Brc1ccc2ccccc2c1.c1ccc(N(c2ccc3c(c2)C2(c4ccccc4-3)c3ccccc3-c3ccc(N(c4ccccc4)c4ccc5c6ccccc6n(-c6ccccc6)c5c4)cc32)c2ccc3ccccc3c2)cc1.c1ccc(Nc2ccc3ccccc3c2)cc1. The number of para-hydroxylation sites is 5. The first kappa shape index (κ1) is 57.8. The number of hydrogen-bond acceptors (Lipinski definition) is 3. The lowest BCUT2D eigenvalue weighted by Gasteiger charge is -2.33. The van der Waals surface area contributed by atoms with Crippen molar-refractivity contribution < 1.29 is 0 Å². The molecule has 1 aromatic heterocycles. The van der Waals surface area contributed by atoms with Gasteiger partial charge in [-0.2, -0.15) is 0 Å². The molecule has 1 N–H and O–H groups in total. The molecule has 2 aliphatic carbocycles. The highest BCUT2D eigenvalue weighted by molar-refractivity contribution is 9.10. The van der Waals surface area contributed by atoms with E-state index in [1.54, 1.807) is 0 Å². The molecule has 454 valence electrons. The molecule has 16 aromatic carbocycles. The minimum absolute atomic E-state index is 0.582. The summed E-state index contributed by atoms with van der Waals surface area (Å²) in [5, 5.41) is 13.4. The van der Waals surface area contributed by atoms with Gasteiger partial charge in [0.05, 0.1) is 16.4 Å². The van der Waals surface area contributed by atoms with Crippen LogP contribution in [0.25, 0.3) is 82.1 Å². The molecule has 0 amide bonds. The normalized spacial score (nSPS) is 13.1. The fourth-order valence-corrected chi connectivity index (χ4v) is 15.2. The molecule has 19 rings (SSSR count). The lowest BCUT2D eigenvalue weighted by atomic mass is 9.70. The number of nitrogens with one attached hydrogen (secondary N) is 1. The topological polar surface area (TPSA) is 23.4 Å². The Labute approximate surface area is 567 Å². The molecular weight excluding hydrogens is 1230 g/mol. The first-order valence-electron chi connectivity index (χ1n) is 32.7. The number of fused-ring (bicyclic) bond motifs is 16. The van der Waals surface area contributed by atoms with Gasteiger partial charge in [0.15, 0.2) is 0 Å². The van der Waals surface area contributed by atoms with Gasteiger partial charge in [-0.05, 0) is 204 Å². The monoisotopic (exact) mass is 1290 g/mol. The second-order valence-corrected chi connectivity index (χ2v) is 25.5. The first-order valence-corrected chi connectivity index (χ1v) is 33.5. The van der Waals surface area contributed by atoms with E-state index in [1.807, 2.05) is 18.2 Å². The number of nitrogens with zero attached hydrogens (tertiary/aromatic N) is 3. The van der Waals surface area contributed by atoms with Gasteiger partial charge in [-0.25, -0.2) is 0 Å². The van der Waals surface area contributed by atoms with Gasteiger partial charge in [0.2, 0.25) is 0 Å². The van der Waals surface area contributed by atoms with Crippen LogP contribution in [-0.2, 0) is 5.41 Å². The Morgan fingerprint density at radius 2 is 0.656 bits per heavy atom. The average Bonchev–Trinajstić information content (AvgIpc) is 1.51. The van der Waals surface area contributed by atoms with Gasteiger partial charge in [0.1, 0.15) is 0 Å². The summed E-state index contributed by atoms with van der Waals surface area (Å²) in [7, 11) is 0. The molecule has 4 nitrogen and oxygen atoms in total. The fourth-order valence-electron chi connectivity index (χ4n) is 14.8. The van der Waals surface area contributed by atoms with Gasteiger partial charge < -0.3 is 19.7 Å². The van der Waals surface area contributed by atoms with Crippen LogP contribution in [0, 0.1) is 0 Å². The summed E-state index contributed by atoms with van der Waals surface area (Å²) < 4.78 is 3.54. The third kappa shape index (κ3) is 10.3. The fraction of sp³-hybridized carbons (Fsp3) is 0.0110. The van der Waals surface area contributed by atoms with Crippen molar-refractivity contribution in [1.82, 2.24) is 4.57 Å². The maximum absolute atomic E-state index is 3.43. The Kier molecular flexibility index (Phi) is 14.9. The van der Waals surface area contributed by atoms with E-state index in [0.717, 1.165) is 55.7 Å². The molecule has 0 aliphatic heterocycles. The van der Waals surface area contributed by atoms with E-state index >= 15 is 0 Å². The molecule has 1 unspecified atom stereocenters. The van der Waals surface area contributed by atoms with Crippen molar-refractivity contribution >= 4 is 116 Å². The average molecular weight is 1290 g/mol. The van der Waals surface area contributed by atoms with Crippen LogP contribution >= 0.6 is 15.9 Å². The Hall–Kier alpha value is -12.0. The molecule has 0 saturated heterocycles. The highest BCUT2D eigenvalue weighted by Gasteiger charge is 2.52. The van der Waals surface area contributed by atoms with Crippen molar-refractivity contribution in [3.8, 4) is 27.9 Å². The van der Waals surface area contributed by atoms with E-state index < -0.39 is 5.41 Å². The van der Waals surface area contributed by atoms with Crippen LogP contribution in [0.1, 0.15) is 22.3 Å². The summed E-state index contributed by atoms with van der Waals surface area (Å²) in [6.07, 6.45) is 0. The number of hydrogen-bond donors (Lipinski definition) is 1. The second-order valence-electron chi connectivity index (χ2n) is 24.6. The standard InChI is InChI=1S/C65H43N3.C16H13N.C10H7Br/c1-4-20-46(21-5-1)66(49-33-32-44-18-10-11-19-45(44)40-49)50-34-37-55-53-26-12-15-29-59(53)65(61(55)41-50)60-30-16-13-27-54(60)56-38-35-51(42-62(56)65)67(47-22-6-2-7-23-47)52-36-39-58-57-28-14-17-31-63(57)68(64(58)43-52)48-24-8-3-9-25-48;1-2-8-15(9-3-1)17-16-11-10-13-6-4-5-7-14(13)12-16;11-10-6-5-8-3-1-2-4-9(8)7-10/h1-43H;1-12,17H;1-7H. The zero-order valence-electron chi connectivity index (χ0n) is 52.5. The summed E-state index contributed by atoms with van der Waals surface area (Å²) in [4.78, 5) is 4.86. The first-order chi connectivity index (χ1) is 47.5. The predicted molar refractivity (Wildman–Crippen MR) is 409 cm³/mol. The maximum Gasteiger partial charge on any atom is 0.0727 e. The zero-order chi connectivity index (χ0) is 63.9. The van der Waals surface area contributed by atoms with Crippen LogP contribution in [0.5, 0.6) is 0 Å². The predicted octanol–water partition coefficient (Wildman–Crippen LogP) is 25.4. The lowest BCUT2D eigenvalue weighted by Crippen LogP contribution is -2.26. The van der Waals surface area contributed by atoms with E-state index in [4.69, 9.17) is 0 Å². The van der Waals surface area contributed by atoms with Gasteiger partial charge in [0, 0.05) is 66.4 Å². The summed E-state index contributed by atoms with van der Waals surface area (Å²) in [6, 6.07) is 136.